The van der Waals surface area contributed by atoms with Gasteiger partial charge < -0.3 is 24.1 Å². The molecule has 2 aromatic carbocycles. The first-order chi connectivity index (χ1) is 16.1. The van der Waals surface area contributed by atoms with Crippen molar-refractivity contribution in [1.29, 1.82) is 0 Å². The van der Waals surface area contributed by atoms with Crippen LogP contribution in [0, 0.1) is 0 Å². The van der Waals surface area contributed by atoms with E-state index < -0.39 is 23.5 Å². The molecule has 0 fully saturated rings. The molecule has 8 nitrogen and oxygen atoms in total. The number of aliphatic carboxylic acids is 1. The van der Waals surface area contributed by atoms with E-state index in [4.69, 9.17) is 18.9 Å². The van der Waals surface area contributed by atoms with Gasteiger partial charge in [0.05, 0.1) is 6.61 Å². The van der Waals surface area contributed by atoms with Crippen molar-refractivity contribution in [3.63, 3.8) is 0 Å². The predicted molar refractivity (Wildman–Crippen MR) is 129 cm³/mol. The second-order valence-electron chi connectivity index (χ2n) is 8.67. The molecule has 0 aromatic heterocycles. The van der Waals surface area contributed by atoms with Gasteiger partial charge in [-0.3, -0.25) is 5.32 Å². The molecule has 0 radical (unpaired) electrons. The fraction of sp³-hybridized carbons (Fsp3) is 0.462. The van der Waals surface area contributed by atoms with E-state index >= 15 is 0 Å². The van der Waals surface area contributed by atoms with Gasteiger partial charge in [-0.05, 0) is 70.0 Å². The molecule has 0 atom stereocenters. The van der Waals surface area contributed by atoms with Crippen molar-refractivity contribution in [3.8, 4) is 5.75 Å². The Morgan fingerprint density at radius 1 is 0.882 bits per heavy atom. The van der Waals surface area contributed by atoms with E-state index in [0.717, 1.165) is 11.1 Å². The second kappa shape index (κ2) is 12.4. The number of nitrogens with one attached hydrogen (secondary N) is 1. The van der Waals surface area contributed by atoms with Gasteiger partial charge in [-0.15, -0.1) is 0 Å². The number of carboxylic acids is 1. The number of carbonyl (C=O) groups is 2. The highest BCUT2D eigenvalue weighted by atomic mass is 16.7. The number of carboxylic acid groups (broad SMARTS) is 1. The molecule has 0 aliphatic rings. The molecule has 0 aliphatic carbocycles. The molecule has 2 rings (SSSR count). The number of hydrogen-bond donors (Lipinski definition) is 2. The Morgan fingerprint density at radius 3 is 1.94 bits per heavy atom. The number of carbonyl (C=O) groups excluding carboxylic acids is 1. The second-order valence-corrected chi connectivity index (χ2v) is 8.67. The van der Waals surface area contributed by atoms with Crippen LogP contribution >= 0.6 is 0 Å². The number of amides is 1. The third-order valence-corrected chi connectivity index (χ3v) is 4.70. The normalized spacial score (nSPS) is 11.7. The Kier molecular flexibility index (Phi) is 9.89. The minimum Gasteiger partial charge on any atom is -0.493 e. The van der Waals surface area contributed by atoms with Crippen LogP contribution in [0.25, 0.3) is 0 Å². The summed E-state index contributed by atoms with van der Waals surface area (Å²) >= 11 is 0. The van der Waals surface area contributed by atoms with Crippen LogP contribution in [0.3, 0.4) is 0 Å². The summed E-state index contributed by atoms with van der Waals surface area (Å²) in [5.74, 6) is -2.17. The first kappa shape index (κ1) is 27.1. The Morgan fingerprint density at radius 2 is 1.44 bits per heavy atom. The molecule has 186 valence electrons. The molecule has 0 bridgehead atoms. The van der Waals surface area contributed by atoms with E-state index in [-0.39, 0.29) is 19.6 Å². The molecular formula is C26H35NO7. The summed E-state index contributed by atoms with van der Waals surface area (Å²) < 4.78 is 22.0. The highest BCUT2D eigenvalue weighted by Gasteiger charge is 2.40. The molecule has 0 aliphatic heterocycles. The molecule has 0 saturated heterocycles. The maximum atomic E-state index is 11.8. The van der Waals surface area contributed by atoms with Gasteiger partial charge >= 0.3 is 12.1 Å². The first-order valence-electron chi connectivity index (χ1n) is 11.4. The average Bonchev–Trinajstić information content (AvgIpc) is 2.75. The maximum absolute atomic E-state index is 11.8. The van der Waals surface area contributed by atoms with Gasteiger partial charge in [0.2, 0.25) is 0 Å². The summed E-state index contributed by atoms with van der Waals surface area (Å²) in [6, 6.07) is 14.7. The minimum atomic E-state index is -1.70. The van der Waals surface area contributed by atoms with Crippen molar-refractivity contribution < 1.29 is 33.6 Å². The van der Waals surface area contributed by atoms with Gasteiger partial charge in [0.1, 0.15) is 11.4 Å². The first-order valence-corrected chi connectivity index (χ1v) is 11.4. The largest absolute Gasteiger partial charge is 0.493 e. The highest BCUT2D eigenvalue weighted by molar-refractivity contribution is 5.84. The molecular weight excluding hydrogens is 438 g/mol. The lowest BCUT2D eigenvalue weighted by Crippen LogP contribution is -2.46. The number of hydrogen-bond acceptors (Lipinski definition) is 6. The quantitative estimate of drug-likeness (QED) is 0.416. The molecule has 0 heterocycles. The zero-order valence-electron chi connectivity index (χ0n) is 20.6. The lowest BCUT2D eigenvalue weighted by Gasteiger charge is -2.28. The summed E-state index contributed by atoms with van der Waals surface area (Å²) in [6.07, 6.45) is 0.286. The Hall–Kier alpha value is -3.10. The maximum Gasteiger partial charge on any atom is 0.412 e. The summed E-state index contributed by atoms with van der Waals surface area (Å²) in [5, 5.41) is 12.3. The van der Waals surface area contributed by atoms with Gasteiger partial charge in [-0.2, -0.15) is 0 Å². The van der Waals surface area contributed by atoms with Gasteiger partial charge in [-0.1, -0.05) is 24.3 Å². The third-order valence-electron chi connectivity index (χ3n) is 4.70. The van der Waals surface area contributed by atoms with E-state index in [1.807, 2.05) is 57.2 Å². The summed E-state index contributed by atoms with van der Waals surface area (Å²) in [7, 11) is 0. The number of anilines is 1. The van der Waals surface area contributed by atoms with Crippen LogP contribution in [0.1, 0.15) is 45.7 Å². The molecule has 8 heteroatoms. The Balaban J connectivity index is 1.86. The summed E-state index contributed by atoms with van der Waals surface area (Å²) in [6.45, 7) is 9.83. The van der Waals surface area contributed by atoms with Crippen LogP contribution in [0.5, 0.6) is 5.75 Å². The fourth-order valence-electron chi connectivity index (χ4n) is 3.24. The van der Waals surface area contributed by atoms with E-state index in [1.54, 1.807) is 26.0 Å². The van der Waals surface area contributed by atoms with Crippen molar-refractivity contribution >= 4 is 17.7 Å². The Labute approximate surface area is 201 Å². The third kappa shape index (κ3) is 8.68. The van der Waals surface area contributed by atoms with E-state index in [2.05, 4.69) is 5.32 Å². The molecule has 2 N–H and O–H groups in total. The van der Waals surface area contributed by atoms with Crippen LogP contribution in [-0.4, -0.2) is 48.4 Å². The highest BCUT2D eigenvalue weighted by Crippen LogP contribution is 2.23. The molecule has 1 amide bonds. The van der Waals surface area contributed by atoms with Crippen molar-refractivity contribution in [2.24, 2.45) is 0 Å². The monoisotopic (exact) mass is 473 g/mol. The predicted octanol–water partition coefficient (Wildman–Crippen LogP) is 5.05. The lowest BCUT2D eigenvalue weighted by molar-refractivity contribution is -0.241. The van der Waals surface area contributed by atoms with Gasteiger partial charge in [0, 0.05) is 31.7 Å². The van der Waals surface area contributed by atoms with Crippen molar-refractivity contribution in [2.45, 2.75) is 58.8 Å². The van der Waals surface area contributed by atoms with Gasteiger partial charge in [-0.25, -0.2) is 9.59 Å². The number of rotatable bonds is 12. The Bertz CT molecular complexity index is 912. The zero-order valence-corrected chi connectivity index (χ0v) is 20.6. The van der Waals surface area contributed by atoms with Crippen LogP contribution in [-0.2, 0) is 31.8 Å². The van der Waals surface area contributed by atoms with E-state index in [1.165, 1.54) is 0 Å². The molecule has 0 unspecified atom stereocenters. The van der Waals surface area contributed by atoms with Crippen molar-refractivity contribution in [1.82, 2.24) is 0 Å². The van der Waals surface area contributed by atoms with E-state index in [9.17, 15) is 14.7 Å². The lowest BCUT2D eigenvalue weighted by atomic mass is 10.0. The molecule has 34 heavy (non-hydrogen) atoms. The molecule has 0 spiro atoms. The SMILES string of the molecule is CCOC(Cc1ccc(OCCc2ccc(NC(=O)OC(C)(C)C)cc2)cc1)(OCC)C(=O)O. The van der Waals surface area contributed by atoms with Crippen LogP contribution < -0.4 is 10.1 Å². The topological polar surface area (TPSA) is 103 Å². The zero-order chi connectivity index (χ0) is 25.2. The minimum absolute atomic E-state index is 0.0912. The van der Waals surface area contributed by atoms with Crippen LogP contribution in [0.4, 0.5) is 10.5 Å². The van der Waals surface area contributed by atoms with Crippen LogP contribution in [0.2, 0.25) is 0 Å². The summed E-state index contributed by atoms with van der Waals surface area (Å²) in [5.41, 5.74) is 1.94. The molecule has 2 aromatic rings. The number of benzene rings is 2. The van der Waals surface area contributed by atoms with Crippen molar-refractivity contribution in [2.75, 3.05) is 25.1 Å². The van der Waals surface area contributed by atoms with Crippen molar-refractivity contribution in [3.05, 3.63) is 59.7 Å². The fourth-order valence-corrected chi connectivity index (χ4v) is 3.24. The smallest absolute Gasteiger partial charge is 0.412 e. The number of ether oxygens (including phenoxy) is 4. The van der Waals surface area contributed by atoms with E-state index in [0.29, 0.717) is 24.5 Å². The summed E-state index contributed by atoms with van der Waals surface area (Å²) in [4.78, 5) is 23.6. The molecule has 0 saturated carbocycles. The standard InChI is InChI=1S/C26H35NO7/c1-6-32-26(23(28)29,33-7-2)18-20-10-14-22(15-11-20)31-17-16-19-8-12-21(13-9-19)27-24(30)34-25(3,4)5/h8-15H,6-7,16-18H2,1-5H3,(H,27,30)(H,28,29). The van der Waals surface area contributed by atoms with Gasteiger partial charge in [0.15, 0.2) is 0 Å². The average molecular weight is 474 g/mol. The van der Waals surface area contributed by atoms with Gasteiger partial charge in [0.25, 0.3) is 5.79 Å². The van der Waals surface area contributed by atoms with Crippen LogP contribution in [0.15, 0.2) is 48.5 Å².